The molecule has 2 N–H and O–H groups in total. The molecule has 1 fully saturated rings. The standard InChI is InChI=1S/C18H15ClF2N4O.ClH/c19-11-8-10-17(23-9-24-18(10)25-6-4-22-5-7-25)16(21)14(11)15-12(20)2-1-3-13(15)26;/h1-3,8-9,22,26H,4-7H2;1H. The summed E-state index contributed by atoms with van der Waals surface area (Å²) < 4.78 is 29.5. The molecule has 1 aromatic heterocycles. The molecule has 0 aliphatic carbocycles. The van der Waals surface area contributed by atoms with Gasteiger partial charge in [0.25, 0.3) is 0 Å². The van der Waals surface area contributed by atoms with Crippen molar-refractivity contribution < 1.29 is 13.9 Å². The molecule has 0 amide bonds. The molecular weight excluding hydrogens is 397 g/mol. The first-order chi connectivity index (χ1) is 12.6. The Morgan fingerprint density at radius 3 is 2.56 bits per heavy atom. The fraction of sp³-hybridized carbons (Fsp3) is 0.222. The predicted molar refractivity (Wildman–Crippen MR) is 104 cm³/mol. The highest BCUT2D eigenvalue weighted by molar-refractivity contribution is 6.34. The molecule has 3 aromatic rings. The highest BCUT2D eigenvalue weighted by atomic mass is 35.5. The van der Waals surface area contributed by atoms with Gasteiger partial charge in [-0.1, -0.05) is 17.7 Å². The zero-order chi connectivity index (χ0) is 18.3. The van der Waals surface area contributed by atoms with Gasteiger partial charge in [0.15, 0.2) is 5.82 Å². The van der Waals surface area contributed by atoms with Gasteiger partial charge in [-0.15, -0.1) is 12.4 Å². The Bertz CT molecular complexity index is 976. The van der Waals surface area contributed by atoms with Gasteiger partial charge in [-0.2, -0.15) is 0 Å². The van der Waals surface area contributed by atoms with Gasteiger partial charge in [0.05, 0.1) is 10.6 Å². The maximum Gasteiger partial charge on any atom is 0.159 e. The summed E-state index contributed by atoms with van der Waals surface area (Å²) in [6.45, 7) is 3.04. The van der Waals surface area contributed by atoms with Crippen LogP contribution >= 0.6 is 24.0 Å². The van der Waals surface area contributed by atoms with Gasteiger partial charge in [-0.25, -0.2) is 18.7 Å². The minimum absolute atomic E-state index is 0. The minimum Gasteiger partial charge on any atom is -0.507 e. The lowest BCUT2D eigenvalue weighted by Gasteiger charge is -2.29. The van der Waals surface area contributed by atoms with Crippen LogP contribution in [0.2, 0.25) is 5.02 Å². The number of piperazine rings is 1. The van der Waals surface area contributed by atoms with Crippen LogP contribution in [0.1, 0.15) is 0 Å². The molecule has 5 nitrogen and oxygen atoms in total. The summed E-state index contributed by atoms with van der Waals surface area (Å²) in [6, 6.07) is 5.29. The van der Waals surface area contributed by atoms with Gasteiger partial charge in [-0.3, -0.25) is 0 Å². The molecule has 0 atom stereocenters. The molecule has 0 radical (unpaired) electrons. The van der Waals surface area contributed by atoms with E-state index in [1.54, 1.807) is 0 Å². The summed E-state index contributed by atoms with van der Waals surface area (Å²) in [5.74, 6) is -1.35. The lowest BCUT2D eigenvalue weighted by Crippen LogP contribution is -2.44. The number of rotatable bonds is 2. The molecule has 2 heterocycles. The number of halogens is 4. The number of phenols is 1. The summed E-state index contributed by atoms with van der Waals surface area (Å²) in [6.07, 6.45) is 1.28. The molecule has 2 aromatic carbocycles. The molecule has 9 heteroatoms. The molecule has 4 rings (SSSR count). The van der Waals surface area contributed by atoms with Crippen LogP contribution in [0.4, 0.5) is 14.6 Å². The second kappa shape index (κ2) is 7.80. The molecule has 1 saturated heterocycles. The summed E-state index contributed by atoms with van der Waals surface area (Å²) >= 11 is 6.29. The van der Waals surface area contributed by atoms with Crippen molar-refractivity contribution in [3.63, 3.8) is 0 Å². The molecule has 0 spiro atoms. The van der Waals surface area contributed by atoms with Crippen molar-refractivity contribution in [2.24, 2.45) is 0 Å². The van der Waals surface area contributed by atoms with Crippen LogP contribution in [0.5, 0.6) is 5.75 Å². The number of hydrogen-bond donors (Lipinski definition) is 2. The average Bonchev–Trinajstić information content (AvgIpc) is 2.64. The van der Waals surface area contributed by atoms with Crippen LogP contribution in [0.15, 0.2) is 30.6 Å². The monoisotopic (exact) mass is 412 g/mol. The van der Waals surface area contributed by atoms with Gasteiger partial charge < -0.3 is 15.3 Å². The van der Waals surface area contributed by atoms with E-state index in [9.17, 15) is 9.50 Å². The Morgan fingerprint density at radius 2 is 1.85 bits per heavy atom. The number of benzene rings is 2. The molecule has 1 aliphatic rings. The Labute approximate surface area is 165 Å². The van der Waals surface area contributed by atoms with E-state index >= 15 is 4.39 Å². The van der Waals surface area contributed by atoms with Gasteiger partial charge >= 0.3 is 0 Å². The molecule has 1 aliphatic heterocycles. The maximum atomic E-state index is 15.2. The Balaban J connectivity index is 0.00000210. The fourth-order valence-electron chi connectivity index (χ4n) is 3.23. The largest absolute Gasteiger partial charge is 0.507 e. The number of nitrogens with one attached hydrogen (secondary N) is 1. The average molecular weight is 413 g/mol. The van der Waals surface area contributed by atoms with Gasteiger partial charge in [-0.05, 0) is 18.2 Å². The van der Waals surface area contributed by atoms with Gasteiger partial charge in [0, 0.05) is 37.1 Å². The van der Waals surface area contributed by atoms with Crippen molar-refractivity contribution in [1.29, 1.82) is 0 Å². The third-order valence-electron chi connectivity index (χ3n) is 4.46. The molecule has 0 bridgehead atoms. The predicted octanol–water partition coefficient (Wildman–Crippen LogP) is 3.77. The first kappa shape index (κ1) is 19.5. The lowest BCUT2D eigenvalue weighted by molar-refractivity contribution is 0.471. The van der Waals surface area contributed by atoms with E-state index < -0.39 is 11.6 Å². The van der Waals surface area contributed by atoms with E-state index in [0.29, 0.717) is 11.2 Å². The topological polar surface area (TPSA) is 61.3 Å². The number of aromatic hydroxyl groups is 1. The smallest absolute Gasteiger partial charge is 0.159 e. The van der Waals surface area contributed by atoms with E-state index in [4.69, 9.17) is 11.6 Å². The van der Waals surface area contributed by atoms with Crippen LogP contribution in [0.3, 0.4) is 0 Å². The second-order valence-electron chi connectivity index (χ2n) is 6.01. The van der Waals surface area contributed by atoms with Crippen molar-refractivity contribution in [3.8, 4) is 16.9 Å². The number of aromatic nitrogens is 2. The number of hydrogen-bond acceptors (Lipinski definition) is 5. The third kappa shape index (κ3) is 3.38. The molecule has 0 unspecified atom stereocenters. The number of fused-ring (bicyclic) bond motifs is 1. The van der Waals surface area contributed by atoms with Crippen LogP contribution in [0.25, 0.3) is 22.0 Å². The normalized spacial score (nSPS) is 14.3. The van der Waals surface area contributed by atoms with Gasteiger partial charge in [0.1, 0.15) is 29.2 Å². The van der Waals surface area contributed by atoms with Crippen LogP contribution < -0.4 is 10.2 Å². The number of nitrogens with zero attached hydrogens (tertiary/aromatic N) is 3. The number of phenolic OH excluding ortho intramolecular Hbond substituents is 1. The third-order valence-corrected chi connectivity index (χ3v) is 4.76. The first-order valence-corrected chi connectivity index (χ1v) is 8.52. The van der Waals surface area contributed by atoms with Crippen molar-refractivity contribution in [1.82, 2.24) is 15.3 Å². The second-order valence-corrected chi connectivity index (χ2v) is 6.42. The van der Waals surface area contributed by atoms with E-state index in [1.807, 2.05) is 4.90 Å². The minimum atomic E-state index is -0.785. The lowest BCUT2D eigenvalue weighted by atomic mass is 10.0. The van der Waals surface area contributed by atoms with E-state index in [0.717, 1.165) is 32.2 Å². The maximum absolute atomic E-state index is 15.2. The molecular formula is C18H16Cl2F2N4O. The molecule has 142 valence electrons. The quantitative estimate of drug-likeness (QED) is 0.670. The van der Waals surface area contributed by atoms with Crippen LogP contribution in [-0.4, -0.2) is 41.3 Å². The van der Waals surface area contributed by atoms with Crippen molar-refractivity contribution in [2.45, 2.75) is 0 Å². The summed E-state index contributed by atoms with van der Waals surface area (Å²) in [5, 5.41) is 13.7. The Morgan fingerprint density at radius 1 is 1.11 bits per heavy atom. The van der Waals surface area contributed by atoms with E-state index in [1.165, 1.54) is 24.5 Å². The van der Waals surface area contributed by atoms with Crippen molar-refractivity contribution in [2.75, 3.05) is 31.1 Å². The van der Waals surface area contributed by atoms with Gasteiger partial charge in [0.2, 0.25) is 0 Å². The fourth-order valence-corrected chi connectivity index (χ4v) is 3.52. The first-order valence-electron chi connectivity index (χ1n) is 8.14. The van der Waals surface area contributed by atoms with Crippen molar-refractivity contribution >= 4 is 40.7 Å². The summed E-state index contributed by atoms with van der Waals surface area (Å²) in [5.41, 5.74) is -0.449. The summed E-state index contributed by atoms with van der Waals surface area (Å²) in [7, 11) is 0. The zero-order valence-corrected chi connectivity index (χ0v) is 15.6. The Hall–Kier alpha value is -2.22. The van der Waals surface area contributed by atoms with Crippen LogP contribution in [0, 0.1) is 11.6 Å². The number of anilines is 1. The van der Waals surface area contributed by atoms with E-state index in [-0.39, 0.29) is 39.8 Å². The van der Waals surface area contributed by atoms with E-state index in [2.05, 4.69) is 15.3 Å². The SMILES string of the molecule is Cl.Oc1cccc(F)c1-c1c(Cl)cc2c(N3CCNCC3)ncnc2c1F. The van der Waals surface area contributed by atoms with Crippen molar-refractivity contribution in [3.05, 3.63) is 47.2 Å². The Kier molecular flexibility index (Phi) is 5.64. The molecule has 0 saturated carbocycles. The summed E-state index contributed by atoms with van der Waals surface area (Å²) in [4.78, 5) is 10.3. The zero-order valence-electron chi connectivity index (χ0n) is 14.0. The molecule has 27 heavy (non-hydrogen) atoms. The highest BCUT2D eigenvalue weighted by Gasteiger charge is 2.24. The highest BCUT2D eigenvalue weighted by Crippen LogP contribution is 2.41. The van der Waals surface area contributed by atoms with Crippen LogP contribution in [-0.2, 0) is 0 Å².